The van der Waals surface area contributed by atoms with Crippen molar-refractivity contribution in [2.45, 2.75) is 19.9 Å². The fraction of sp³-hybridized carbons (Fsp3) is 0.650. The number of ether oxygens (including phenoxy) is 1. The van der Waals surface area contributed by atoms with Crippen LogP contribution in [0.5, 0.6) is 0 Å². The van der Waals surface area contributed by atoms with E-state index in [0.29, 0.717) is 26.2 Å². The van der Waals surface area contributed by atoms with Crippen molar-refractivity contribution in [1.82, 2.24) is 18.8 Å². The number of carbonyl (C=O) groups excluding carboxylic acids is 1. The number of anilines is 1. The van der Waals surface area contributed by atoms with Crippen LogP contribution in [0.25, 0.3) is 0 Å². The van der Waals surface area contributed by atoms with Gasteiger partial charge in [-0.25, -0.2) is 9.52 Å². The first kappa shape index (κ1) is 22.8. The molecule has 2 aliphatic rings. The normalized spacial score (nSPS) is 20.2. The van der Waals surface area contributed by atoms with E-state index in [4.69, 9.17) is 4.74 Å². The van der Waals surface area contributed by atoms with Gasteiger partial charge in [-0.15, -0.1) is 0 Å². The molecule has 2 aliphatic heterocycles. The van der Waals surface area contributed by atoms with Gasteiger partial charge in [0, 0.05) is 70.6 Å². The number of hydrogen-bond donors (Lipinski definition) is 1. The second kappa shape index (κ2) is 10.4. The highest BCUT2D eigenvalue weighted by Gasteiger charge is 2.30. The van der Waals surface area contributed by atoms with Gasteiger partial charge in [0.1, 0.15) is 0 Å². The molecule has 0 bridgehead atoms. The summed E-state index contributed by atoms with van der Waals surface area (Å²) < 4.78 is 34.5. The summed E-state index contributed by atoms with van der Waals surface area (Å²) in [7, 11) is -3.56. The lowest BCUT2D eigenvalue weighted by atomic mass is 10.2. The van der Waals surface area contributed by atoms with E-state index in [2.05, 4.69) is 33.6 Å². The Morgan fingerprint density at radius 2 is 1.67 bits per heavy atom. The van der Waals surface area contributed by atoms with E-state index in [1.165, 1.54) is 9.99 Å². The van der Waals surface area contributed by atoms with E-state index in [9.17, 15) is 13.2 Å². The predicted molar refractivity (Wildman–Crippen MR) is 117 cm³/mol. The smallest absolute Gasteiger partial charge is 0.409 e. The highest BCUT2D eigenvalue weighted by molar-refractivity contribution is 7.87. The predicted octanol–water partition coefficient (Wildman–Crippen LogP) is 0.806. The van der Waals surface area contributed by atoms with Crippen LogP contribution < -0.4 is 9.62 Å². The molecule has 0 aromatic heterocycles. The van der Waals surface area contributed by atoms with Crippen molar-refractivity contribution in [3.05, 3.63) is 30.3 Å². The van der Waals surface area contributed by atoms with Gasteiger partial charge < -0.3 is 14.5 Å². The topological polar surface area (TPSA) is 85.4 Å². The third-order valence-corrected chi connectivity index (χ3v) is 7.30. The van der Waals surface area contributed by atoms with Crippen molar-refractivity contribution >= 4 is 22.0 Å². The molecule has 2 saturated heterocycles. The molecule has 168 valence electrons. The van der Waals surface area contributed by atoms with Gasteiger partial charge in [0.2, 0.25) is 0 Å². The highest BCUT2D eigenvalue weighted by Crippen LogP contribution is 2.16. The van der Waals surface area contributed by atoms with Gasteiger partial charge in [0.15, 0.2) is 0 Å². The molecule has 10 heteroatoms. The maximum atomic E-state index is 12.7. The van der Waals surface area contributed by atoms with Crippen LogP contribution >= 0.6 is 0 Å². The number of piperazine rings is 2. The van der Waals surface area contributed by atoms with Crippen LogP contribution in [-0.2, 0) is 14.9 Å². The number of carbonyl (C=O) groups is 1. The fourth-order valence-electron chi connectivity index (χ4n) is 3.83. The Morgan fingerprint density at radius 1 is 1.03 bits per heavy atom. The van der Waals surface area contributed by atoms with Crippen molar-refractivity contribution in [2.75, 3.05) is 70.4 Å². The standard InChI is InChI=1S/C20H33N5O4S/c1-3-29-20(26)24-13-15-25(16-14-24)30(27,28)21-17-18(2)22-9-11-23(12-10-22)19-7-5-4-6-8-19/h4-8,18,21H,3,9-17H2,1-2H3. The number of nitrogens with zero attached hydrogens (tertiary/aromatic N) is 4. The molecule has 2 fully saturated rings. The Morgan fingerprint density at radius 3 is 2.27 bits per heavy atom. The molecule has 2 heterocycles. The van der Waals surface area contributed by atoms with Gasteiger partial charge in [-0.3, -0.25) is 4.90 Å². The summed E-state index contributed by atoms with van der Waals surface area (Å²) in [5.74, 6) is 0. The minimum atomic E-state index is -3.56. The van der Waals surface area contributed by atoms with E-state index in [0.717, 1.165) is 26.2 Å². The van der Waals surface area contributed by atoms with Gasteiger partial charge in [0.25, 0.3) is 10.2 Å². The maximum absolute atomic E-state index is 12.7. The van der Waals surface area contributed by atoms with Crippen molar-refractivity contribution in [3.8, 4) is 0 Å². The molecule has 0 spiro atoms. The Hall–Kier alpha value is -1.88. The molecule has 3 rings (SSSR count). The zero-order chi connectivity index (χ0) is 21.6. The first-order valence-corrected chi connectivity index (χ1v) is 12.0. The molecule has 0 radical (unpaired) electrons. The summed E-state index contributed by atoms with van der Waals surface area (Å²) in [6.45, 7) is 9.39. The van der Waals surface area contributed by atoms with Gasteiger partial charge in [-0.05, 0) is 26.0 Å². The van der Waals surface area contributed by atoms with E-state index in [1.54, 1.807) is 11.8 Å². The van der Waals surface area contributed by atoms with Crippen LogP contribution in [0.2, 0.25) is 0 Å². The van der Waals surface area contributed by atoms with E-state index >= 15 is 0 Å². The van der Waals surface area contributed by atoms with E-state index in [1.807, 2.05) is 18.2 Å². The molecule has 0 saturated carbocycles. The molecule has 1 unspecified atom stereocenters. The van der Waals surface area contributed by atoms with Gasteiger partial charge >= 0.3 is 6.09 Å². The monoisotopic (exact) mass is 439 g/mol. The molecule has 1 aromatic rings. The van der Waals surface area contributed by atoms with E-state index < -0.39 is 10.2 Å². The lowest BCUT2D eigenvalue weighted by molar-refractivity contribution is 0.0931. The Bertz CT molecular complexity index is 776. The van der Waals surface area contributed by atoms with Crippen LogP contribution in [-0.4, -0.2) is 100 Å². The van der Waals surface area contributed by atoms with Crippen LogP contribution in [0, 0.1) is 0 Å². The molecule has 9 nitrogen and oxygen atoms in total. The summed E-state index contributed by atoms with van der Waals surface area (Å²) in [6, 6.07) is 10.5. The quantitative estimate of drug-likeness (QED) is 0.677. The minimum Gasteiger partial charge on any atom is -0.450 e. The molecular formula is C20H33N5O4S. The zero-order valence-electron chi connectivity index (χ0n) is 17.9. The second-order valence-corrected chi connectivity index (χ2v) is 9.40. The number of hydrogen-bond acceptors (Lipinski definition) is 6. The Labute approximate surface area is 179 Å². The van der Waals surface area contributed by atoms with Crippen LogP contribution in [0.15, 0.2) is 30.3 Å². The molecule has 1 aromatic carbocycles. The number of nitrogens with one attached hydrogen (secondary N) is 1. The number of para-hydroxylation sites is 1. The largest absolute Gasteiger partial charge is 0.450 e. The van der Waals surface area contributed by atoms with Crippen molar-refractivity contribution < 1.29 is 17.9 Å². The lowest BCUT2D eigenvalue weighted by Gasteiger charge is -2.39. The number of benzene rings is 1. The third-order valence-electron chi connectivity index (χ3n) is 5.72. The molecular weight excluding hydrogens is 406 g/mol. The average molecular weight is 440 g/mol. The maximum Gasteiger partial charge on any atom is 0.409 e. The summed E-state index contributed by atoms with van der Waals surface area (Å²) in [5.41, 5.74) is 1.23. The first-order chi connectivity index (χ1) is 14.4. The van der Waals surface area contributed by atoms with Gasteiger partial charge in [-0.1, -0.05) is 18.2 Å². The fourth-order valence-corrected chi connectivity index (χ4v) is 5.11. The second-order valence-electron chi connectivity index (χ2n) is 7.65. The number of rotatable bonds is 7. The van der Waals surface area contributed by atoms with Crippen molar-refractivity contribution in [1.29, 1.82) is 0 Å². The third kappa shape index (κ3) is 5.84. The van der Waals surface area contributed by atoms with Crippen molar-refractivity contribution in [2.24, 2.45) is 0 Å². The first-order valence-electron chi connectivity index (χ1n) is 10.6. The summed E-state index contributed by atoms with van der Waals surface area (Å²) >= 11 is 0. The molecule has 30 heavy (non-hydrogen) atoms. The van der Waals surface area contributed by atoms with Crippen LogP contribution in [0.1, 0.15) is 13.8 Å². The lowest BCUT2D eigenvalue weighted by Crippen LogP contribution is -2.56. The van der Waals surface area contributed by atoms with Crippen LogP contribution in [0.3, 0.4) is 0 Å². The molecule has 0 aliphatic carbocycles. The summed E-state index contributed by atoms with van der Waals surface area (Å²) in [4.78, 5) is 18.0. The minimum absolute atomic E-state index is 0.110. The molecule has 1 amide bonds. The summed E-state index contributed by atoms with van der Waals surface area (Å²) in [5, 5.41) is 0. The van der Waals surface area contributed by atoms with E-state index in [-0.39, 0.29) is 25.2 Å². The van der Waals surface area contributed by atoms with Gasteiger partial charge in [0.05, 0.1) is 6.61 Å². The Kier molecular flexibility index (Phi) is 7.93. The molecule has 1 N–H and O–H groups in total. The SMILES string of the molecule is CCOC(=O)N1CCN(S(=O)(=O)NCC(C)N2CCN(c3ccccc3)CC2)CC1. The number of amides is 1. The van der Waals surface area contributed by atoms with Crippen molar-refractivity contribution in [3.63, 3.8) is 0 Å². The Balaban J connectivity index is 1.42. The average Bonchev–Trinajstić information content (AvgIpc) is 2.78. The summed E-state index contributed by atoms with van der Waals surface area (Å²) in [6.07, 6.45) is -0.384. The van der Waals surface area contributed by atoms with Crippen LogP contribution in [0.4, 0.5) is 10.5 Å². The molecule has 1 atom stereocenters. The highest BCUT2D eigenvalue weighted by atomic mass is 32.2. The van der Waals surface area contributed by atoms with Gasteiger partial charge in [-0.2, -0.15) is 12.7 Å². The zero-order valence-corrected chi connectivity index (χ0v) is 18.7.